The zero-order valence-electron chi connectivity index (χ0n) is 18.9. The number of hydrazone groups is 1. The van der Waals surface area contributed by atoms with E-state index in [4.69, 9.17) is 28.8 Å². The fourth-order valence-electron chi connectivity index (χ4n) is 4.42. The van der Waals surface area contributed by atoms with Gasteiger partial charge in [0.2, 0.25) is 12.0 Å². The fourth-order valence-corrected chi connectivity index (χ4v) is 4.42. The number of fused-ring (bicyclic) bond motifs is 3. The summed E-state index contributed by atoms with van der Waals surface area (Å²) in [5.41, 5.74) is 3.78. The van der Waals surface area contributed by atoms with Gasteiger partial charge >= 0.3 is 0 Å². The standard InChI is InChI=1S/C25H25N3O5/c1-29-20-9-5-8-17-19-13-18(15-7-6-10-26-14-15)27-28(19)25(33-23(17)20)16-11-21(30-2)24(32-4)22(12-16)31-3/h5-12,14,19,25H,13H2,1-4H3/t19-,25-/m0/s1. The quantitative estimate of drug-likeness (QED) is 0.556. The first kappa shape index (κ1) is 20.9. The van der Waals surface area contributed by atoms with Crippen LogP contribution in [0.15, 0.2) is 60.0 Å². The lowest BCUT2D eigenvalue weighted by atomic mass is 9.96. The van der Waals surface area contributed by atoms with Gasteiger partial charge in [0.25, 0.3) is 0 Å². The molecule has 3 heterocycles. The highest BCUT2D eigenvalue weighted by molar-refractivity contribution is 6.01. The van der Waals surface area contributed by atoms with Crippen LogP contribution in [0.5, 0.6) is 28.7 Å². The molecular weight excluding hydrogens is 422 g/mol. The number of para-hydroxylation sites is 1. The molecule has 33 heavy (non-hydrogen) atoms. The molecule has 2 aromatic carbocycles. The van der Waals surface area contributed by atoms with Gasteiger partial charge in [-0.2, -0.15) is 5.10 Å². The summed E-state index contributed by atoms with van der Waals surface area (Å²) in [7, 11) is 6.42. The van der Waals surface area contributed by atoms with Crippen LogP contribution in [0, 0.1) is 0 Å². The zero-order chi connectivity index (χ0) is 22.9. The van der Waals surface area contributed by atoms with Crippen molar-refractivity contribution in [3.63, 3.8) is 0 Å². The minimum absolute atomic E-state index is 0.0249. The van der Waals surface area contributed by atoms with Crippen molar-refractivity contribution in [1.29, 1.82) is 0 Å². The van der Waals surface area contributed by atoms with Gasteiger partial charge in [-0.3, -0.25) is 4.98 Å². The highest BCUT2D eigenvalue weighted by Gasteiger charge is 2.42. The lowest BCUT2D eigenvalue weighted by Crippen LogP contribution is -2.34. The molecule has 8 heteroatoms. The molecule has 0 unspecified atom stereocenters. The van der Waals surface area contributed by atoms with E-state index in [1.54, 1.807) is 34.6 Å². The van der Waals surface area contributed by atoms with E-state index in [1.165, 1.54) is 0 Å². The maximum absolute atomic E-state index is 6.54. The Bertz CT molecular complexity index is 1170. The molecule has 3 aromatic rings. The fraction of sp³-hybridized carbons (Fsp3) is 0.280. The van der Waals surface area contributed by atoms with Crippen molar-refractivity contribution in [3.05, 3.63) is 71.5 Å². The van der Waals surface area contributed by atoms with E-state index in [0.29, 0.717) is 28.7 Å². The van der Waals surface area contributed by atoms with Gasteiger partial charge in [-0.05, 0) is 24.3 Å². The second-order valence-corrected chi connectivity index (χ2v) is 7.70. The topological polar surface area (TPSA) is 74.6 Å². The second kappa shape index (κ2) is 8.54. The number of pyridine rings is 1. The number of hydrogen-bond donors (Lipinski definition) is 0. The van der Waals surface area contributed by atoms with E-state index in [0.717, 1.165) is 28.8 Å². The first-order chi connectivity index (χ1) is 16.2. The molecule has 2 aliphatic rings. The highest BCUT2D eigenvalue weighted by atomic mass is 16.5. The van der Waals surface area contributed by atoms with E-state index in [9.17, 15) is 0 Å². The van der Waals surface area contributed by atoms with Crippen LogP contribution in [-0.2, 0) is 0 Å². The molecule has 0 aliphatic carbocycles. The van der Waals surface area contributed by atoms with Gasteiger partial charge in [0.15, 0.2) is 23.0 Å². The molecule has 5 rings (SSSR count). The molecule has 0 fully saturated rings. The number of methoxy groups -OCH3 is 4. The predicted molar refractivity (Wildman–Crippen MR) is 122 cm³/mol. The third kappa shape index (κ3) is 3.47. The Morgan fingerprint density at radius 3 is 2.30 bits per heavy atom. The van der Waals surface area contributed by atoms with Crippen molar-refractivity contribution in [1.82, 2.24) is 9.99 Å². The van der Waals surface area contributed by atoms with Crippen LogP contribution in [0.4, 0.5) is 0 Å². The van der Waals surface area contributed by atoms with Gasteiger partial charge in [0.05, 0.1) is 40.2 Å². The number of hydrogen-bond acceptors (Lipinski definition) is 8. The van der Waals surface area contributed by atoms with Crippen molar-refractivity contribution in [3.8, 4) is 28.7 Å². The molecule has 0 saturated carbocycles. The molecule has 1 aromatic heterocycles. The van der Waals surface area contributed by atoms with Crippen molar-refractivity contribution in [2.45, 2.75) is 18.7 Å². The third-order valence-electron chi connectivity index (χ3n) is 5.97. The van der Waals surface area contributed by atoms with Gasteiger partial charge in [0.1, 0.15) is 0 Å². The number of aromatic nitrogens is 1. The predicted octanol–water partition coefficient (Wildman–Crippen LogP) is 4.36. The summed E-state index contributed by atoms with van der Waals surface area (Å²) in [5, 5.41) is 6.97. The Balaban J connectivity index is 1.66. The van der Waals surface area contributed by atoms with E-state index in [2.05, 4.69) is 11.1 Å². The Hall–Kier alpha value is -3.94. The summed E-state index contributed by atoms with van der Waals surface area (Å²) < 4.78 is 28.8. The first-order valence-corrected chi connectivity index (χ1v) is 10.6. The van der Waals surface area contributed by atoms with Crippen LogP contribution in [0.25, 0.3) is 0 Å². The lowest BCUT2D eigenvalue weighted by molar-refractivity contribution is -0.0211. The van der Waals surface area contributed by atoms with Crippen molar-refractivity contribution in [2.24, 2.45) is 5.10 Å². The van der Waals surface area contributed by atoms with Crippen LogP contribution in [0.2, 0.25) is 0 Å². The van der Waals surface area contributed by atoms with Crippen LogP contribution >= 0.6 is 0 Å². The molecular formula is C25H25N3O5. The molecule has 0 radical (unpaired) electrons. The van der Waals surface area contributed by atoms with Crippen LogP contribution < -0.4 is 23.7 Å². The summed E-state index contributed by atoms with van der Waals surface area (Å²) >= 11 is 0. The SMILES string of the molecule is COc1cc([C@@H]2Oc3c(OC)cccc3[C@@H]3CC(c4cccnc4)=NN32)cc(OC)c1OC. The largest absolute Gasteiger partial charge is 0.493 e. The van der Waals surface area contributed by atoms with Crippen LogP contribution in [-0.4, -0.2) is 44.1 Å². The van der Waals surface area contributed by atoms with Gasteiger partial charge in [0, 0.05) is 35.5 Å². The smallest absolute Gasteiger partial charge is 0.214 e. The summed E-state index contributed by atoms with van der Waals surface area (Å²) in [6.07, 6.45) is 3.78. The molecule has 0 amide bonds. The molecule has 0 bridgehead atoms. The summed E-state index contributed by atoms with van der Waals surface area (Å²) in [6.45, 7) is 0. The van der Waals surface area contributed by atoms with Crippen LogP contribution in [0.1, 0.15) is 35.4 Å². The summed E-state index contributed by atoms with van der Waals surface area (Å²) in [4.78, 5) is 4.26. The Labute approximate surface area is 192 Å². The number of nitrogens with zero attached hydrogens (tertiary/aromatic N) is 3. The number of benzene rings is 2. The van der Waals surface area contributed by atoms with E-state index in [-0.39, 0.29) is 6.04 Å². The average Bonchev–Trinajstić information content (AvgIpc) is 3.33. The average molecular weight is 447 g/mol. The molecule has 8 nitrogen and oxygen atoms in total. The third-order valence-corrected chi connectivity index (χ3v) is 5.97. The van der Waals surface area contributed by atoms with Gasteiger partial charge in [-0.15, -0.1) is 0 Å². The van der Waals surface area contributed by atoms with Gasteiger partial charge in [-0.25, -0.2) is 5.01 Å². The highest BCUT2D eigenvalue weighted by Crippen LogP contribution is 2.52. The van der Waals surface area contributed by atoms with Crippen molar-refractivity contribution < 1.29 is 23.7 Å². The van der Waals surface area contributed by atoms with Crippen LogP contribution in [0.3, 0.4) is 0 Å². The van der Waals surface area contributed by atoms with Gasteiger partial charge in [-0.1, -0.05) is 18.2 Å². The van der Waals surface area contributed by atoms with Crippen molar-refractivity contribution in [2.75, 3.05) is 28.4 Å². The first-order valence-electron chi connectivity index (χ1n) is 10.6. The van der Waals surface area contributed by atoms with E-state index < -0.39 is 6.23 Å². The molecule has 2 aliphatic heterocycles. The number of rotatable bonds is 6. The zero-order valence-corrected chi connectivity index (χ0v) is 18.9. The van der Waals surface area contributed by atoms with E-state index in [1.807, 2.05) is 47.6 Å². The lowest BCUT2D eigenvalue weighted by Gasteiger charge is -2.38. The monoisotopic (exact) mass is 447 g/mol. The molecule has 0 spiro atoms. The molecule has 2 atom stereocenters. The number of ether oxygens (including phenoxy) is 5. The Kier molecular flexibility index (Phi) is 5.42. The minimum Gasteiger partial charge on any atom is -0.493 e. The van der Waals surface area contributed by atoms with E-state index >= 15 is 0 Å². The Morgan fingerprint density at radius 2 is 1.67 bits per heavy atom. The summed E-state index contributed by atoms with van der Waals surface area (Å²) in [5.74, 6) is 3.01. The van der Waals surface area contributed by atoms with Gasteiger partial charge < -0.3 is 23.7 Å². The molecule has 0 N–H and O–H groups in total. The molecule has 170 valence electrons. The maximum atomic E-state index is 6.54. The second-order valence-electron chi connectivity index (χ2n) is 7.70. The van der Waals surface area contributed by atoms with Crippen molar-refractivity contribution >= 4 is 5.71 Å². The Morgan fingerprint density at radius 1 is 0.909 bits per heavy atom. The summed E-state index contributed by atoms with van der Waals surface area (Å²) in [6, 6.07) is 13.6. The maximum Gasteiger partial charge on any atom is 0.214 e. The normalized spacial score (nSPS) is 18.5. The molecule has 0 saturated heterocycles. The minimum atomic E-state index is -0.526.